The maximum Gasteiger partial charge on any atom is 0.344 e. The molecule has 10 rings (SSSR count). The van der Waals surface area contributed by atoms with Gasteiger partial charge in [-0.2, -0.15) is 4.68 Å². The molecule has 0 spiro atoms. The molecule has 0 bridgehead atoms. The fourth-order valence-electron chi connectivity index (χ4n) is 11.0. The lowest BCUT2D eigenvalue weighted by Crippen LogP contribution is -2.50. The second-order valence-electron chi connectivity index (χ2n) is 21.2. The van der Waals surface area contributed by atoms with Gasteiger partial charge in [-0.15, -0.1) is 20.4 Å². The Morgan fingerprint density at radius 2 is 1.54 bits per heavy atom. The number of carbonyl (C=O) groups excluding carboxylic acids is 3. The number of carbonyl (C=O) groups is 3. The Balaban J connectivity index is 0.743. The van der Waals surface area contributed by atoms with E-state index < -0.39 is 11.7 Å². The van der Waals surface area contributed by atoms with Crippen LogP contribution in [0.25, 0.3) is 22.7 Å². The molecule has 20 nitrogen and oxygen atoms in total. The number of piperidine rings is 2. The maximum absolute atomic E-state index is 15.1. The second kappa shape index (κ2) is 23.5. The Morgan fingerprint density at radius 3 is 2.24 bits per heavy atom. The molecule has 4 N–H and O–H groups in total. The zero-order valence-electron chi connectivity index (χ0n) is 45.5. The van der Waals surface area contributed by atoms with Gasteiger partial charge in [-0.1, -0.05) is 43.6 Å². The van der Waals surface area contributed by atoms with E-state index in [4.69, 9.17) is 31.5 Å². The third kappa shape index (κ3) is 11.8. The maximum atomic E-state index is 15.1. The van der Waals surface area contributed by atoms with Crippen LogP contribution in [0.15, 0.2) is 66.7 Å². The van der Waals surface area contributed by atoms with E-state index in [2.05, 4.69) is 30.6 Å². The highest BCUT2D eigenvalue weighted by atomic mass is 35.5. The van der Waals surface area contributed by atoms with Crippen LogP contribution in [0.1, 0.15) is 102 Å². The number of hydrogen-bond acceptors (Lipinski definition) is 14. The second-order valence-corrected chi connectivity index (χ2v) is 21.7. The van der Waals surface area contributed by atoms with Crippen molar-refractivity contribution in [3.05, 3.63) is 123 Å². The fourth-order valence-corrected chi connectivity index (χ4v) is 11.2. The van der Waals surface area contributed by atoms with Gasteiger partial charge in [-0.05, 0) is 119 Å². The van der Waals surface area contributed by atoms with Crippen molar-refractivity contribution in [3.8, 4) is 28.6 Å². The number of phenolic OH excluding ortho intramolecular Hbond substituents is 2. The molecule has 79 heavy (non-hydrogen) atoms. The van der Waals surface area contributed by atoms with Gasteiger partial charge >= 0.3 is 6.03 Å². The zero-order valence-corrected chi connectivity index (χ0v) is 46.3. The Bertz CT molecular complexity index is 3370. The summed E-state index contributed by atoms with van der Waals surface area (Å²) in [7, 11) is 1.79. The Kier molecular flexibility index (Phi) is 16.3. The summed E-state index contributed by atoms with van der Waals surface area (Å²) in [5.41, 5.74) is 6.87. The summed E-state index contributed by atoms with van der Waals surface area (Å²) < 4.78 is 25.5. The summed E-state index contributed by atoms with van der Waals surface area (Å²) in [4.78, 5) is 54.5. The van der Waals surface area contributed by atoms with Crippen LogP contribution in [0.2, 0.25) is 5.02 Å². The molecule has 0 radical (unpaired) electrons. The lowest BCUT2D eigenvalue weighted by Gasteiger charge is -2.39. The van der Waals surface area contributed by atoms with Gasteiger partial charge in [0.2, 0.25) is 11.7 Å². The molecule has 0 unspecified atom stereocenters. The Hall–Kier alpha value is -7.46. The van der Waals surface area contributed by atoms with Crippen LogP contribution in [-0.2, 0) is 29.0 Å². The average molecular weight is 1100 g/mol. The van der Waals surface area contributed by atoms with Crippen molar-refractivity contribution in [2.75, 3.05) is 71.4 Å². The molecule has 0 aliphatic carbocycles. The molecule has 0 saturated carbocycles. The average Bonchev–Trinajstić information content (AvgIpc) is 4.29. The highest BCUT2D eigenvalue weighted by Gasteiger charge is 2.34. The minimum Gasteiger partial charge on any atom is -0.508 e. The molecule has 3 aromatic carbocycles. The van der Waals surface area contributed by atoms with Gasteiger partial charge in [0, 0.05) is 105 Å². The number of ether oxygens (including phenoxy) is 1. The third-order valence-electron chi connectivity index (χ3n) is 15.5. The van der Waals surface area contributed by atoms with Crippen molar-refractivity contribution < 1.29 is 33.7 Å². The number of anilines is 2. The van der Waals surface area contributed by atoms with Crippen LogP contribution < -0.4 is 10.6 Å². The lowest BCUT2D eigenvalue weighted by molar-refractivity contribution is -0.138. The highest BCUT2D eigenvalue weighted by molar-refractivity contribution is 6.30. The Morgan fingerprint density at radius 1 is 0.835 bits per heavy atom. The molecule has 3 aliphatic rings. The van der Waals surface area contributed by atoms with Gasteiger partial charge in [0.1, 0.15) is 17.3 Å². The fraction of sp³-hybridized carbons (Fsp3) is 0.439. The lowest BCUT2D eigenvalue weighted by atomic mass is 9.93. The van der Waals surface area contributed by atoms with Gasteiger partial charge < -0.3 is 35.4 Å². The SMILES string of the molecule is CCNC(=O)c1nnc(-c2cc(C(C)C)c(O)cc2O)n1-c1ccc(CN2CCC(C(=O)N3CCC(N(C)C(=O)n4nc(Nc5cc(CN6CCOCC6)c6nc(C)c(Cc7ccc(Cl)cc7F)n6n5)cc4C)CC3)CC2)cc1. The van der Waals surface area contributed by atoms with E-state index >= 15 is 4.39 Å². The molecular weight excluding hydrogens is 1030 g/mol. The molecule has 0 atom stereocenters. The summed E-state index contributed by atoms with van der Waals surface area (Å²) in [5, 5.41) is 46.1. The normalized spacial score (nSPS) is 16.0. The predicted octanol–water partition coefficient (Wildman–Crippen LogP) is 7.84. The molecule has 4 aromatic heterocycles. The van der Waals surface area contributed by atoms with Crippen molar-refractivity contribution in [3.63, 3.8) is 0 Å². The smallest absolute Gasteiger partial charge is 0.344 e. The van der Waals surface area contributed by atoms with E-state index in [0.29, 0.717) is 109 Å². The van der Waals surface area contributed by atoms with Gasteiger partial charge in [0.25, 0.3) is 5.91 Å². The number of aromatic nitrogens is 8. The van der Waals surface area contributed by atoms with Crippen LogP contribution in [0.5, 0.6) is 11.5 Å². The number of likely N-dealkylation sites (tertiary alicyclic amines) is 2. The number of morpholine rings is 1. The summed E-state index contributed by atoms with van der Waals surface area (Å²) in [6, 6.07) is 18.8. The Labute approximate surface area is 463 Å². The van der Waals surface area contributed by atoms with Gasteiger partial charge in [0.05, 0.1) is 30.2 Å². The largest absolute Gasteiger partial charge is 0.508 e. The molecule has 7 heterocycles. The summed E-state index contributed by atoms with van der Waals surface area (Å²) in [6.07, 6.45) is 3.02. The van der Waals surface area contributed by atoms with Crippen molar-refractivity contribution in [2.24, 2.45) is 5.92 Å². The number of halogens is 2. The van der Waals surface area contributed by atoms with Crippen molar-refractivity contribution in [1.29, 1.82) is 0 Å². The topological polar surface area (TPSA) is 217 Å². The molecule has 416 valence electrons. The van der Waals surface area contributed by atoms with E-state index in [1.165, 1.54) is 16.8 Å². The van der Waals surface area contributed by atoms with E-state index in [-0.39, 0.29) is 59.4 Å². The minimum absolute atomic E-state index is 0.0247. The molecule has 3 saturated heterocycles. The number of hydrogen-bond donors (Lipinski definition) is 4. The van der Waals surface area contributed by atoms with Gasteiger partial charge in [-0.25, -0.2) is 18.7 Å². The van der Waals surface area contributed by atoms with Gasteiger partial charge in [-0.3, -0.25) is 24.0 Å². The van der Waals surface area contributed by atoms with Crippen LogP contribution in [0, 0.1) is 25.6 Å². The standard InChI is InChI=1S/C57H68ClFN14O6/c1-7-60-55(76)54-64-63-53(45-30-44(34(2)3)48(74)31-49(45)75)71(54)43-12-8-37(9-13-43)32-68-18-14-38(15-19-68)56(77)70-20-16-42(17-21-70)67(6)57(78)72-35(4)26-50(65-72)62-51-28-40(33-69-22-24-79-25-23-69)52-61-36(5)47(73(52)66-51)27-39-10-11-41(58)29-46(39)59/h8-13,26,28-31,34,38,42,74-75H,7,14-25,27,32-33H2,1-6H3,(H,60,76)(H,62,65,66). The van der Waals surface area contributed by atoms with Gasteiger partial charge in [0.15, 0.2) is 23.1 Å². The summed E-state index contributed by atoms with van der Waals surface area (Å²) in [6.45, 7) is 16.6. The number of nitrogens with one attached hydrogen (secondary N) is 2. The molecular formula is C57H68ClFN14O6. The molecule has 3 fully saturated rings. The van der Waals surface area contributed by atoms with Crippen LogP contribution >= 0.6 is 11.6 Å². The van der Waals surface area contributed by atoms with Crippen molar-refractivity contribution in [2.45, 2.75) is 91.8 Å². The van der Waals surface area contributed by atoms with Crippen molar-refractivity contribution in [1.82, 2.24) is 64.1 Å². The van der Waals surface area contributed by atoms with E-state index in [1.54, 1.807) is 39.2 Å². The van der Waals surface area contributed by atoms with E-state index in [9.17, 15) is 24.6 Å². The summed E-state index contributed by atoms with van der Waals surface area (Å²) in [5.74, 6) is 0.302. The van der Waals surface area contributed by atoms with E-state index in [1.807, 2.05) is 75.9 Å². The monoisotopic (exact) mass is 1100 g/mol. The number of fused-ring (bicyclic) bond motifs is 1. The number of aryl methyl sites for hydroxylation is 2. The molecule has 7 aromatic rings. The minimum atomic E-state index is -0.408. The third-order valence-corrected chi connectivity index (χ3v) is 15.8. The number of phenols is 2. The first kappa shape index (κ1) is 54.9. The highest BCUT2D eigenvalue weighted by Crippen LogP contribution is 2.38. The number of nitrogens with zero attached hydrogens (tertiary/aromatic N) is 12. The molecule has 22 heteroatoms. The zero-order chi connectivity index (χ0) is 55.6. The van der Waals surface area contributed by atoms with Crippen molar-refractivity contribution >= 4 is 46.7 Å². The first-order chi connectivity index (χ1) is 38.0. The number of imidazole rings is 1. The predicted molar refractivity (Wildman–Crippen MR) is 297 cm³/mol. The quantitative estimate of drug-likeness (QED) is 0.0770. The van der Waals surface area contributed by atoms with Crippen LogP contribution in [0.4, 0.5) is 20.8 Å². The number of benzene rings is 3. The van der Waals surface area contributed by atoms with Crippen LogP contribution in [-0.4, -0.2) is 159 Å². The number of rotatable bonds is 15. The van der Waals surface area contributed by atoms with Crippen LogP contribution in [0.3, 0.4) is 0 Å². The van der Waals surface area contributed by atoms with E-state index in [0.717, 1.165) is 61.5 Å². The first-order valence-corrected chi connectivity index (χ1v) is 27.5. The molecule has 3 amide bonds. The molecule has 3 aliphatic heterocycles. The summed E-state index contributed by atoms with van der Waals surface area (Å²) >= 11 is 6.08. The number of amides is 3. The number of aromatic hydroxyl groups is 2. The first-order valence-electron chi connectivity index (χ1n) is 27.2.